The number of benzene rings is 1. The monoisotopic (exact) mass is 243 g/mol. The van der Waals surface area contributed by atoms with Gasteiger partial charge in [0.1, 0.15) is 0 Å². The molecule has 0 unspecified atom stereocenters. The molecule has 0 atom stereocenters. The summed E-state index contributed by atoms with van der Waals surface area (Å²) in [5, 5.41) is 1.20. The van der Waals surface area contributed by atoms with Gasteiger partial charge in [-0.2, -0.15) is 0 Å². The van der Waals surface area contributed by atoms with E-state index in [9.17, 15) is 0 Å². The number of thioether (sulfide) groups is 1. The molecule has 0 bridgehead atoms. The summed E-state index contributed by atoms with van der Waals surface area (Å²) in [6.45, 7) is 0. The summed E-state index contributed by atoms with van der Waals surface area (Å²) in [4.78, 5) is 0. The summed E-state index contributed by atoms with van der Waals surface area (Å²) in [6, 6.07) is 6.16. The Morgan fingerprint density at radius 3 is 2.93 bits per heavy atom. The van der Waals surface area contributed by atoms with Gasteiger partial charge >= 0.3 is 0 Å². The molecular formula is C10H10ClNS2. The quantitative estimate of drug-likeness (QED) is 0.491. The van der Waals surface area contributed by atoms with E-state index >= 15 is 0 Å². The topological polar surface area (TPSA) is 26.0 Å². The number of hydrogen-bond donors (Lipinski definition) is 1. The van der Waals surface area contributed by atoms with E-state index in [0.717, 1.165) is 11.3 Å². The van der Waals surface area contributed by atoms with Crippen LogP contribution in [0.15, 0.2) is 22.4 Å². The molecule has 0 radical (unpaired) electrons. The van der Waals surface area contributed by atoms with Crippen molar-refractivity contribution in [3.05, 3.63) is 23.8 Å². The molecule has 1 aromatic carbocycles. The second-order valence-electron chi connectivity index (χ2n) is 2.95. The first kappa shape index (κ1) is 10.1. The molecule has 1 nitrogen and oxygen atoms in total. The van der Waals surface area contributed by atoms with Crippen LogP contribution in [0.1, 0.15) is 5.56 Å². The number of nitrogen functional groups attached to an aromatic ring is 1. The van der Waals surface area contributed by atoms with Gasteiger partial charge < -0.3 is 5.73 Å². The number of nitrogens with two attached hydrogens (primary N) is 1. The van der Waals surface area contributed by atoms with Crippen LogP contribution in [0.4, 0.5) is 5.69 Å². The molecule has 4 heteroatoms. The highest BCUT2D eigenvalue weighted by molar-refractivity contribution is 8.00. The van der Waals surface area contributed by atoms with Crippen LogP contribution in [0, 0.1) is 0 Å². The van der Waals surface area contributed by atoms with E-state index in [0.29, 0.717) is 5.88 Å². The lowest BCUT2D eigenvalue weighted by Crippen LogP contribution is -1.91. The lowest BCUT2D eigenvalue weighted by Gasteiger charge is -2.02. The van der Waals surface area contributed by atoms with E-state index in [-0.39, 0.29) is 0 Å². The number of fused-ring (bicyclic) bond motifs is 1. The van der Waals surface area contributed by atoms with Gasteiger partial charge in [0.15, 0.2) is 0 Å². The maximum atomic E-state index is 5.88. The Balaban J connectivity index is 2.73. The molecule has 0 saturated carbocycles. The van der Waals surface area contributed by atoms with Crippen molar-refractivity contribution in [3.63, 3.8) is 0 Å². The van der Waals surface area contributed by atoms with Gasteiger partial charge in [-0.25, -0.2) is 0 Å². The lowest BCUT2D eigenvalue weighted by molar-refractivity contribution is 1.46. The van der Waals surface area contributed by atoms with E-state index in [1.807, 2.05) is 6.07 Å². The lowest BCUT2D eigenvalue weighted by atomic mass is 10.1. The molecule has 1 aromatic heterocycles. The number of hydrogen-bond acceptors (Lipinski definition) is 3. The standard InChI is InChI=1S/C10H10ClNS2/c1-13-10-4-6-7(5-11)8(12)2-3-9(6)14-10/h2-4H,5,12H2,1H3. The molecule has 74 valence electrons. The minimum atomic E-state index is 0.480. The Morgan fingerprint density at radius 1 is 1.50 bits per heavy atom. The predicted molar refractivity (Wildman–Crippen MR) is 67.6 cm³/mol. The second kappa shape index (κ2) is 4.01. The van der Waals surface area contributed by atoms with Crippen molar-refractivity contribution < 1.29 is 0 Å². The highest BCUT2D eigenvalue weighted by Crippen LogP contribution is 2.36. The molecule has 0 saturated heterocycles. The van der Waals surface area contributed by atoms with Crippen molar-refractivity contribution in [2.24, 2.45) is 0 Å². The molecule has 14 heavy (non-hydrogen) atoms. The van der Waals surface area contributed by atoms with E-state index in [2.05, 4.69) is 18.4 Å². The third-order valence-corrected chi connectivity index (χ3v) is 4.59. The van der Waals surface area contributed by atoms with Crippen molar-refractivity contribution in [1.29, 1.82) is 0 Å². The van der Waals surface area contributed by atoms with Crippen LogP contribution in [-0.2, 0) is 5.88 Å². The first-order valence-corrected chi connectivity index (χ1v) is 6.74. The zero-order chi connectivity index (χ0) is 10.1. The summed E-state index contributed by atoms with van der Waals surface area (Å²) in [5.74, 6) is 0.480. The first-order valence-electron chi connectivity index (χ1n) is 4.17. The SMILES string of the molecule is CSc1cc2c(CCl)c(N)ccc2s1. The molecule has 2 N–H and O–H groups in total. The van der Waals surface area contributed by atoms with E-state index in [1.165, 1.54) is 14.3 Å². The van der Waals surface area contributed by atoms with Crippen LogP contribution in [0.5, 0.6) is 0 Å². The summed E-state index contributed by atoms with van der Waals surface area (Å²) >= 11 is 9.42. The van der Waals surface area contributed by atoms with Crippen molar-refractivity contribution in [1.82, 2.24) is 0 Å². The highest BCUT2D eigenvalue weighted by atomic mass is 35.5. The van der Waals surface area contributed by atoms with Crippen LogP contribution in [0.2, 0.25) is 0 Å². The van der Waals surface area contributed by atoms with Crippen molar-refractivity contribution in [2.45, 2.75) is 10.1 Å². The van der Waals surface area contributed by atoms with Gasteiger partial charge in [-0.1, -0.05) is 0 Å². The molecule has 0 spiro atoms. The smallest absolute Gasteiger partial charge is 0.0608 e. The average Bonchev–Trinajstić information content (AvgIpc) is 2.60. The molecule has 1 heterocycles. The Morgan fingerprint density at radius 2 is 2.29 bits per heavy atom. The summed E-state index contributed by atoms with van der Waals surface area (Å²) in [5.41, 5.74) is 7.71. The van der Waals surface area contributed by atoms with E-state index in [4.69, 9.17) is 17.3 Å². The first-order chi connectivity index (χ1) is 6.76. The van der Waals surface area contributed by atoms with Gasteiger partial charge in [0.25, 0.3) is 0 Å². The Bertz CT molecular complexity index is 464. The second-order valence-corrected chi connectivity index (χ2v) is 5.41. The van der Waals surface area contributed by atoms with Crippen molar-refractivity contribution >= 4 is 50.5 Å². The maximum absolute atomic E-state index is 5.88. The Kier molecular flexibility index (Phi) is 2.91. The van der Waals surface area contributed by atoms with E-state index < -0.39 is 0 Å². The van der Waals surface area contributed by atoms with Crippen LogP contribution in [0.3, 0.4) is 0 Å². The number of halogens is 1. The minimum Gasteiger partial charge on any atom is -0.398 e. The molecule has 0 aliphatic heterocycles. The molecule has 2 aromatic rings. The largest absolute Gasteiger partial charge is 0.398 e. The predicted octanol–water partition coefficient (Wildman–Crippen LogP) is 3.94. The molecule has 0 aliphatic carbocycles. The van der Waals surface area contributed by atoms with E-state index in [1.54, 1.807) is 23.1 Å². The van der Waals surface area contributed by atoms with Gasteiger partial charge in [0.2, 0.25) is 0 Å². The Hall–Kier alpha value is -0.380. The molecule has 2 rings (SSSR count). The number of rotatable bonds is 2. The molecule has 0 amide bonds. The van der Waals surface area contributed by atoms with Crippen LogP contribution >= 0.6 is 34.7 Å². The third kappa shape index (κ3) is 1.60. The minimum absolute atomic E-state index is 0.480. The third-order valence-electron chi connectivity index (χ3n) is 2.16. The Labute approximate surface area is 96.2 Å². The zero-order valence-electron chi connectivity index (χ0n) is 7.71. The van der Waals surface area contributed by atoms with Gasteiger partial charge in [-0.3, -0.25) is 0 Å². The number of thiophene rings is 1. The van der Waals surface area contributed by atoms with Crippen LogP contribution in [0.25, 0.3) is 10.1 Å². The highest BCUT2D eigenvalue weighted by Gasteiger charge is 2.07. The fraction of sp³-hybridized carbons (Fsp3) is 0.200. The zero-order valence-corrected chi connectivity index (χ0v) is 10.1. The maximum Gasteiger partial charge on any atom is 0.0608 e. The molecule has 0 fully saturated rings. The summed E-state index contributed by atoms with van der Waals surface area (Å²) in [7, 11) is 0. The fourth-order valence-corrected chi connectivity index (χ4v) is 3.37. The number of alkyl halides is 1. The molecule has 0 aliphatic rings. The molecular weight excluding hydrogens is 234 g/mol. The summed E-state index contributed by atoms with van der Waals surface area (Å²) < 4.78 is 2.57. The van der Waals surface area contributed by atoms with Gasteiger partial charge in [-0.15, -0.1) is 34.7 Å². The van der Waals surface area contributed by atoms with Gasteiger partial charge in [0.05, 0.1) is 10.1 Å². The number of anilines is 1. The van der Waals surface area contributed by atoms with Gasteiger partial charge in [0, 0.05) is 15.8 Å². The fourth-order valence-electron chi connectivity index (χ4n) is 1.41. The van der Waals surface area contributed by atoms with Crippen LogP contribution in [-0.4, -0.2) is 6.26 Å². The summed E-state index contributed by atoms with van der Waals surface area (Å²) in [6.07, 6.45) is 2.08. The van der Waals surface area contributed by atoms with Gasteiger partial charge in [-0.05, 0) is 30.0 Å². The average molecular weight is 244 g/mol. The normalized spacial score (nSPS) is 11.0. The van der Waals surface area contributed by atoms with Crippen LogP contribution < -0.4 is 5.73 Å². The van der Waals surface area contributed by atoms with Crippen molar-refractivity contribution in [3.8, 4) is 0 Å². The van der Waals surface area contributed by atoms with Crippen molar-refractivity contribution in [2.75, 3.05) is 12.0 Å².